The molecule has 0 aromatic heterocycles. The fourth-order valence-corrected chi connectivity index (χ4v) is 7.20. The Kier molecular flexibility index (Phi) is 26.0. The van der Waals surface area contributed by atoms with Crippen LogP contribution >= 0.6 is 0 Å². The summed E-state index contributed by atoms with van der Waals surface area (Å²) in [5, 5.41) is 66.3. The van der Waals surface area contributed by atoms with Gasteiger partial charge in [0.25, 0.3) is 0 Å². The number of rotatable bonds is 32. The van der Waals surface area contributed by atoms with Gasteiger partial charge in [-0.2, -0.15) is 0 Å². The number of nitrogens with one attached hydrogen (secondary N) is 8. The molecule has 1 aliphatic heterocycles. The van der Waals surface area contributed by atoms with Crippen molar-refractivity contribution in [2.45, 2.75) is 159 Å². The molecule has 19 N–H and O–H groups in total. The van der Waals surface area contributed by atoms with E-state index in [-0.39, 0.29) is 19.4 Å². The van der Waals surface area contributed by atoms with Crippen molar-refractivity contribution in [2.24, 2.45) is 23.1 Å². The van der Waals surface area contributed by atoms with Crippen LogP contribution in [0.3, 0.4) is 0 Å². The van der Waals surface area contributed by atoms with Crippen LogP contribution in [0.4, 0.5) is 0 Å². The lowest BCUT2D eigenvalue weighted by molar-refractivity contribution is -0.146. The summed E-state index contributed by atoms with van der Waals surface area (Å²) in [5.41, 5.74) is 15.8. The van der Waals surface area contributed by atoms with E-state index in [0.29, 0.717) is 0 Å². The number of carboxylic acids is 3. The molecule has 1 rings (SSSR count). The molecule has 414 valence electrons. The van der Waals surface area contributed by atoms with Gasteiger partial charge in [0.05, 0.1) is 31.5 Å². The second-order valence-corrected chi connectivity index (χ2v) is 17.6. The van der Waals surface area contributed by atoms with Crippen molar-refractivity contribution in [2.75, 3.05) is 6.54 Å². The topological polar surface area (TPSA) is 535 Å². The number of hydrogen-bond acceptors (Lipinski definition) is 17. The van der Waals surface area contributed by atoms with Gasteiger partial charge in [-0.05, 0) is 45.4 Å². The molecule has 0 aliphatic carbocycles. The largest absolute Gasteiger partial charge is 0.481 e. The maximum Gasteiger partial charge on any atom is 0.305 e. The second kappa shape index (κ2) is 30.1. The number of carbonyl (C=O) groups is 15. The van der Waals surface area contributed by atoms with Gasteiger partial charge in [0, 0.05) is 26.3 Å². The van der Waals surface area contributed by atoms with Crippen molar-refractivity contribution >= 4 is 88.8 Å². The predicted octanol–water partition coefficient (Wildman–Crippen LogP) is -8.27. The molecule has 0 radical (unpaired) electrons. The molecule has 0 unspecified atom stereocenters. The van der Waals surface area contributed by atoms with Crippen molar-refractivity contribution < 1.29 is 97.5 Å². The molecule has 0 aromatic carbocycles. The number of aliphatic hydroxyl groups excluding tert-OH is 2. The minimum atomic E-state index is -2.17. The van der Waals surface area contributed by atoms with Gasteiger partial charge in [0.15, 0.2) is 0 Å². The number of nitrogens with two attached hydrogens (primary N) is 3. The van der Waals surface area contributed by atoms with E-state index in [0.717, 1.165) is 25.7 Å². The third kappa shape index (κ3) is 21.8. The van der Waals surface area contributed by atoms with E-state index in [9.17, 15) is 97.5 Å². The summed E-state index contributed by atoms with van der Waals surface area (Å²) in [7, 11) is 0. The zero-order valence-electron chi connectivity index (χ0n) is 41.0. The van der Waals surface area contributed by atoms with Crippen LogP contribution in [0.15, 0.2) is 0 Å². The second-order valence-electron chi connectivity index (χ2n) is 17.6. The maximum atomic E-state index is 14.0. The minimum Gasteiger partial charge on any atom is -0.481 e. The molecule has 1 fully saturated rings. The monoisotopic (exact) mass is 1060 g/mol. The Morgan fingerprint density at radius 3 is 1.38 bits per heavy atom. The average molecular weight is 1060 g/mol. The number of likely N-dealkylation sites (tertiary alicyclic amines) is 1. The Hall–Kier alpha value is -8.03. The molecule has 1 aliphatic rings. The minimum absolute atomic E-state index is 0.0557. The lowest BCUT2D eigenvalue weighted by atomic mass is 10.0. The molecule has 0 saturated carbocycles. The molecule has 0 aromatic rings. The normalized spacial score (nSPS) is 17.1. The number of amides is 12. The standard InChI is InChI=1S/C42H66N12O20/c1-16(2)31(34(45)66)52-41(73)33(18(4)56)53-38(70)22(13-27(44)59)49-37(69)23(14-29(62)63)50-35(67)21(9-11-28(60)61)47-39(71)25-7-6-12-54(25)42(74)24(15-30(64)65)51-36(68)20(8-10-26(43)58)48-40(72)32(17(3)55)46-19(5)57/h16-18,20-25,31-33,55-56H,6-15H2,1-5H3,(H2,43,58)(H2,44,59)(H2,45,66)(H,46,57)(H,47,71)(H,48,72)(H,49,69)(H,50,67)(H,51,68)(H,52,73)(H,53,70)(H,60,61)(H,62,63)(H,64,65)/t17-,18-,20+,21+,22+,23+,24+,25+,31+,32+,33+/m1/s1. The Labute approximate surface area is 421 Å². The first kappa shape index (κ1) is 64.0. The molecule has 1 saturated heterocycles. The van der Waals surface area contributed by atoms with Gasteiger partial charge in [-0.15, -0.1) is 0 Å². The van der Waals surface area contributed by atoms with Crippen LogP contribution in [0, 0.1) is 5.92 Å². The number of carboxylic acid groups (broad SMARTS) is 3. The van der Waals surface area contributed by atoms with Crippen molar-refractivity contribution in [3.63, 3.8) is 0 Å². The molecule has 74 heavy (non-hydrogen) atoms. The molecule has 32 heteroatoms. The summed E-state index contributed by atoms with van der Waals surface area (Å²) < 4.78 is 0. The van der Waals surface area contributed by atoms with Gasteiger partial charge in [0.2, 0.25) is 70.9 Å². The van der Waals surface area contributed by atoms with Crippen molar-refractivity contribution in [1.29, 1.82) is 0 Å². The van der Waals surface area contributed by atoms with Crippen molar-refractivity contribution in [3.05, 3.63) is 0 Å². The smallest absolute Gasteiger partial charge is 0.305 e. The van der Waals surface area contributed by atoms with Crippen LogP contribution in [0.2, 0.25) is 0 Å². The number of carbonyl (C=O) groups excluding carboxylic acids is 12. The van der Waals surface area contributed by atoms with Crippen LogP contribution in [0.5, 0.6) is 0 Å². The fraction of sp³-hybridized carbons (Fsp3) is 0.643. The third-order valence-electron chi connectivity index (χ3n) is 10.9. The van der Waals surface area contributed by atoms with E-state index in [1.807, 2.05) is 10.6 Å². The van der Waals surface area contributed by atoms with Gasteiger partial charge < -0.3 is 90.2 Å². The molecule has 0 bridgehead atoms. The number of nitrogens with zero attached hydrogens (tertiary/aromatic N) is 1. The third-order valence-corrected chi connectivity index (χ3v) is 10.9. The molecule has 0 spiro atoms. The van der Waals surface area contributed by atoms with E-state index < -0.39 is 206 Å². The van der Waals surface area contributed by atoms with Crippen molar-refractivity contribution in [3.8, 4) is 0 Å². The summed E-state index contributed by atoms with van der Waals surface area (Å²) in [4.78, 5) is 192. The molecule has 11 atom stereocenters. The van der Waals surface area contributed by atoms with Gasteiger partial charge in [-0.3, -0.25) is 71.9 Å². The highest BCUT2D eigenvalue weighted by atomic mass is 16.4. The molecular weight excluding hydrogens is 993 g/mol. The first-order valence-corrected chi connectivity index (χ1v) is 22.8. The Morgan fingerprint density at radius 2 is 0.919 bits per heavy atom. The predicted molar refractivity (Wildman–Crippen MR) is 247 cm³/mol. The number of primary amides is 3. The lowest BCUT2D eigenvalue weighted by Gasteiger charge is -2.30. The first-order chi connectivity index (χ1) is 34.3. The number of aliphatic carboxylic acids is 3. The summed E-state index contributed by atoms with van der Waals surface area (Å²) in [6.07, 6.45) is -9.36. The van der Waals surface area contributed by atoms with Gasteiger partial charge in [-0.1, -0.05) is 13.8 Å². The number of aliphatic hydroxyl groups is 2. The van der Waals surface area contributed by atoms with E-state index in [1.54, 1.807) is 0 Å². The van der Waals surface area contributed by atoms with Crippen LogP contribution in [0.25, 0.3) is 0 Å². The van der Waals surface area contributed by atoms with E-state index >= 15 is 0 Å². The lowest BCUT2D eigenvalue weighted by Crippen LogP contribution is -2.62. The van der Waals surface area contributed by atoms with Gasteiger partial charge >= 0.3 is 17.9 Å². The van der Waals surface area contributed by atoms with E-state index in [2.05, 4.69) is 31.9 Å². The van der Waals surface area contributed by atoms with E-state index in [4.69, 9.17) is 17.2 Å². The highest BCUT2D eigenvalue weighted by molar-refractivity contribution is 6.01. The maximum absolute atomic E-state index is 14.0. The number of hydrogen-bond donors (Lipinski definition) is 16. The Bertz CT molecular complexity index is 2150. The van der Waals surface area contributed by atoms with E-state index in [1.165, 1.54) is 13.8 Å². The summed E-state index contributed by atoms with van der Waals surface area (Å²) in [5.74, 6) is -19.5. The highest BCUT2D eigenvalue weighted by Crippen LogP contribution is 2.20. The molecular formula is C42H66N12O20. The van der Waals surface area contributed by atoms with Crippen molar-refractivity contribution in [1.82, 2.24) is 47.4 Å². The molecule has 1 heterocycles. The van der Waals surface area contributed by atoms with Crippen LogP contribution < -0.4 is 59.7 Å². The van der Waals surface area contributed by atoms with Crippen LogP contribution in [0.1, 0.15) is 92.4 Å². The van der Waals surface area contributed by atoms with Crippen LogP contribution in [-0.2, 0) is 71.9 Å². The SMILES string of the molecule is CC(=O)N[C@H](C(=O)N[C@@H](CCC(N)=O)C(=O)N[C@@H](CC(=O)O)C(=O)N1CCC[C@H]1C(=O)N[C@@H](CCC(=O)O)C(=O)N[C@@H](CC(=O)O)C(=O)N[C@@H](CC(N)=O)C(=O)N[C@H](C(=O)N[C@H](C(N)=O)C(C)C)[C@@H](C)O)[C@@H](C)O. The Morgan fingerprint density at radius 1 is 0.500 bits per heavy atom. The fourth-order valence-electron chi connectivity index (χ4n) is 7.20. The van der Waals surface area contributed by atoms with Gasteiger partial charge in [0.1, 0.15) is 54.4 Å². The first-order valence-electron chi connectivity index (χ1n) is 22.8. The zero-order valence-corrected chi connectivity index (χ0v) is 41.0. The van der Waals surface area contributed by atoms with Crippen LogP contribution in [-0.4, -0.2) is 192 Å². The summed E-state index contributed by atoms with van der Waals surface area (Å²) >= 11 is 0. The average Bonchev–Trinajstić information content (AvgIpc) is 3.77. The Balaban J connectivity index is 3.49. The summed E-state index contributed by atoms with van der Waals surface area (Å²) in [6, 6.07) is -16.2. The molecule has 32 nitrogen and oxygen atoms in total. The van der Waals surface area contributed by atoms with Gasteiger partial charge in [-0.25, -0.2) is 0 Å². The molecule has 12 amide bonds. The zero-order chi connectivity index (χ0) is 56.9. The highest BCUT2D eigenvalue weighted by Gasteiger charge is 2.42. The quantitative estimate of drug-likeness (QED) is 0.0297. The summed E-state index contributed by atoms with van der Waals surface area (Å²) in [6.45, 7) is 6.00.